The second-order valence-corrected chi connectivity index (χ2v) is 4.50. The van der Waals surface area contributed by atoms with Gasteiger partial charge in [0.15, 0.2) is 6.29 Å². The number of hydrogen-bond donors (Lipinski definition) is 0. The number of pyridine rings is 1. The minimum atomic E-state index is -0.520. The molecule has 0 bridgehead atoms. The third kappa shape index (κ3) is 2.72. The Morgan fingerprint density at radius 1 is 1.22 bits per heavy atom. The van der Waals surface area contributed by atoms with Crippen LogP contribution in [0.3, 0.4) is 0 Å². The van der Waals surface area contributed by atoms with E-state index in [2.05, 4.69) is 4.98 Å². The first-order valence-electron chi connectivity index (χ1n) is 5.02. The average molecular weight is 260 g/mol. The Kier molecular flexibility index (Phi) is 3.69. The van der Waals surface area contributed by atoms with E-state index in [9.17, 15) is 14.9 Å². The molecule has 0 saturated carbocycles. The van der Waals surface area contributed by atoms with E-state index in [-0.39, 0.29) is 5.69 Å². The summed E-state index contributed by atoms with van der Waals surface area (Å²) in [5.41, 5.74) is 0.224. The van der Waals surface area contributed by atoms with E-state index < -0.39 is 4.92 Å². The molecule has 0 aliphatic carbocycles. The SMILES string of the molecule is O=Cc1cc([N+](=O)[O-])ccc1Sc1ccncc1. The first-order valence-corrected chi connectivity index (χ1v) is 5.84. The largest absolute Gasteiger partial charge is 0.298 e. The maximum Gasteiger partial charge on any atom is 0.270 e. The summed E-state index contributed by atoms with van der Waals surface area (Å²) in [6, 6.07) is 7.85. The number of benzene rings is 1. The smallest absolute Gasteiger partial charge is 0.270 e. The molecule has 0 amide bonds. The van der Waals surface area contributed by atoms with E-state index in [1.807, 2.05) is 0 Å². The lowest BCUT2D eigenvalue weighted by atomic mass is 10.2. The molecular weight excluding hydrogens is 252 g/mol. The Labute approximate surface area is 107 Å². The Morgan fingerprint density at radius 3 is 2.56 bits per heavy atom. The lowest BCUT2D eigenvalue weighted by Gasteiger charge is -2.04. The normalized spacial score (nSPS) is 10.0. The van der Waals surface area contributed by atoms with Crippen LogP contribution >= 0.6 is 11.8 Å². The van der Waals surface area contributed by atoms with Gasteiger partial charge in [-0.1, -0.05) is 11.8 Å². The van der Waals surface area contributed by atoms with Crippen molar-refractivity contribution in [2.24, 2.45) is 0 Å². The molecule has 90 valence electrons. The van der Waals surface area contributed by atoms with E-state index in [0.717, 1.165) is 4.90 Å². The summed E-state index contributed by atoms with van der Waals surface area (Å²) in [5, 5.41) is 10.6. The van der Waals surface area contributed by atoms with Crippen molar-refractivity contribution in [3.05, 3.63) is 58.4 Å². The minimum absolute atomic E-state index is 0.0869. The molecule has 1 aromatic carbocycles. The third-order valence-corrected chi connectivity index (χ3v) is 3.31. The molecule has 0 radical (unpaired) electrons. The van der Waals surface area contributed by atoms with Gasteiger partial charge in [-0.25, -0.2) is 0 Å². The lowest BCUT2D eigenvalue weighted by Crippen LogP contribution is -1.92. The zero-order chi connectivity index (χ0) is 13.0. The highest BCUT2D eigenvalue weighted by molar-refractivity contribution is 7.99. The highest BCUT2D eigenvalue weighted by Gasteiger charge is 2.11. The molecule has 18 heavy (non-hydrogen) atoms. The fourth-order valence-corrected chi connectivity index (χ4v) is 2.24. The molecule has 0 spiro atoms. The highest BCUT2D eigenvalue weighted by Crippen LogP contribution is 2.31. The predicted molar refractivity (Wildman–Crippen MR) is 66.8 cm³/mol. The van der Waals surface area contributed by atoms with Gasteiger partial charge in [0.25, 0.3) is 5.69 Å². The van der Waals surface area contributed by atoms with Crippen LogP contribution in [0, 0.1) is 10.1 Å². The van der Waals surface area contributed by atoms with E-state index >= 15 is 0 Å². The Balaban J connectivity index is 2.34. The van der Waals surface area contributed by atoms with Crippen molar-refractivity contribution in [3.63, 3.8) is 0 Å². The summed E-state index contributed by atoms with van der Waals surface area (Å²) in [7, 11) is 0. The monoisotopic (exact) mass is 260 g/mol. The zero-order valence-corrected chi connectivity index (χ0v) is 9.96. The van der Waals surface area contributed by atoms with Crippen LogP contribution < -0.4 is 0 Å². The fourth-order valence-electron chi connectivity index (χ4n) is 1.37. The van der Waals surface area contributed by atoms with E-state index in [4.69, 9.17) is 0 Å². The second kappa shape index (κ2) is 5.42. The van der Waals surface area contributed by atoms with Gasteiger partial charge < -0.3 is 0 Å². The number of carbonyl (C=O) groups is 1. The van der Waals surface area contributed by atoms with Crippen LogP contribution in [0.4, 0.5) is 5.69 Å². The molecule has 0 aliphatic heterocycles. The molecular formula is C12H8N2O3S. The van der Waals surface area contributed by atoms with Gasteiger partial charge in [-0.3, -0.25) is 19.9 Å². The molecule has 0 atom stereocenters. The van der Waals surface area contributed by atoms with Crippen molar-refractivity contribution in [1.82, 2.24) is 4.98 Å². The molecule has 2 aromatic rings. The standard InChI is InChI=1S/C12H8N2O3S/c15-8-9-7-10(14(16)17)1-2-12(9)18-11-3-5-13-6-4-11/h1-8H. The van der Waals surface area contributed by atoms with Crippen molar-refractivity contribution in [2.45, 2.75) is 9.79 Å². The number of hydrogen-bond acceptors (Lipinski definition) is 5. The molecule has 6 heteroatoms. The molecule has 0 N–H and O–H groups in total. The summed E-state index contributed by atoms with van der Waals surface area (Å²) in [4.78, 5) is 26.5. The molecule has 2 rings (SSSR count). The highest BCUT2D eigenvalue weighted by atomic mass is 32.2. The number of aldehydes is 1. The van der Waals surface area contributed by atoms with E-state index in [1.165, 1.54) is 23.9 Å². The fraction of sp³-hybridized carbons (Fsp3) is 0. The summed E-state index contributed by atoms with van der Waals surface area (Å²) in [6.45, 7) is 0. The predicted octanol–water partition coefficient (Wildman–Crippen LogP) is 2.95. The molecule has 0 saturated heterocycles. The van der Waals surface area contributed by atoms with Crippen LogP contribution in [-0.4, -0.2) is 16.2 Å². The molecule has 5 nitrogen and oxygen atoms in total. The Morgan fingerprint density at radius 2 is 1.94 bits per heavy atom. The van der Waals surface area contributed by atoms with Crippen molar-refractivity contribution >= 4 is 23.7 Å². The van der Waals surface area contributed by atoms with Gasteiger partial charge in [0.2, 0.25) is 0 Å². The first kappa shape index (κ1) is 12.3. The van der Waals surface area contributed by atoms with Crippen molar-refractivity contribution in [3.8, 4) is 0 Å². The Bertz CT molecular complexity index is 587. The maximum absolute atomic E-state index is 10.9. The van der Waals surface area contributed by atoms with Gasteiger partial charge in [0, 0.05) is 39.9 Å². The lowest BCUT2D eigenvalue weighted by molar-refractivity contribution is -0.384. The van der Waals surface area contributed by atoms with Crippen LogP contribution in [0.1, 0.15) is 10.4 Å². The minimum Gasteiger partial charge on any atom is -0.298 e. The van der Waals surface area contributed by atoms with Gasteiger partial charge in [-0.05, 0) is 18.2 Å². The number of nitro benzene ring substituents is 1. The van der Waals surface area contributed by atoms with Crippen molar-refractivity contribution < 1.29 is 9.72 Å². The van der Waals surface area contributed by atoms with Crippen LogP contribution in [0.2, 0.25) is 0 Å². The molecule has 0 unspecified atom stereocenters. The number of nitro groups is 1. The van der Waals surface area contributed by atoms with Crippen molar-refractivity contribution in [2.75, 3.05) is 0 Å². The van der Waals surface area contributed by atoms with Crippen LogP contribution in [0.25, 0.3) is 0 Å². The zero-order valence-electron chi connectivity index (χ0n) is 9.15. The van der Waals surface area contributed by atoms with Crippen molar-refractivity contribution in [1.29, 1.82) is 0 Å². The number of aromatic nitrogens is 1. The van der Waals surface area contributed by atoms with Gasteiger partial charge in [0.05, 0.1) is 4.92 Å². The summed E-state index contributed by atoms with van der Waals surface area (Å²) in [5.74, 6) is 0. The maximum atomic E-state index is 10.9. The number of nitrogens with zero attached hydrogens (tertiary/aromatic N) is 2. The molecule has 0 fully saturated rings. The van der Waals surface area contributed by atoms with Crippen LogP contribution in [0.5, 0.6) is 0 Å². The third-order valence-electron chi connectivity index (χ3n) is 2.21. The van der Waals surface area contributed by atoms with Gasteiger partial charge in [-0.2, -0.15) is 0 Å². The van der Waals surface area contributed by atoms with Gasteiger partial charge in [0.1, 0.15) is 0 Å². The summed E-state index contributed by atoms with van der Waals surface area (Å²) in [6.07, 6.45) is 3.92. The number of non-ortho nitro benzene ring substituents is 1. The molecule has 1 heterocycles. The first-order chi connectivity index (χ1) is 8.70. The van der Waals surface area contributed by atoms with E-state index in [0.29, 0.717) is 16.7 Å². The molecule has 0 aliphatic rings. The van der Waals surface area contributed by atoms with Crippen LogP contribution in [0.15, 0.2) is 52.5 Å². The Hall–Kier alpha value is -2.21. The van der Waals surface area contributed by atoms with E-state index in [1.54, 1.807) is 30.6 Å². The topological polar surface area (TPSA) is 73.1 Å². The molecule has 1 aromatic heterocycles. The quantitative estimate of drug-likeness (QED) is 0.480. The van der Waals surface area contributed by atoms with Gasteiger partial charge in [-0.15, -0.1) is 0 Å². The summed E-state index contributed by atoms with van der Waals surface area (Å²) < 4.78 is 0. The number of rotatable bonds is 4. The summed E-state index contributed by atoms with van der Waals surface area (Å²) >= 11 is 1.37. The van der Waals surface area contributed by atoms with Gasteiger partial charge >= 0.3 is 0 Å². The number of carbonyl (C=O) groups excluding carboxylic acids is 1. The van der Waals surface area contributed by atoms with Crippen LogP contribution in [-0.2, 0) is 0 Å². The average Bonchev–Trinajstić information content (AvgIpc) is 2.40. The second-order valence-electron chi connectivity index (χ2n) is 3.38.